The molecule has 0 amide bonds. The third-order valence-corrected chi connectivity index (χ3v) is 4.87. The molecule has 170 valence electrons. The molecule has 3 aromatic carbocycles. The Morgan fingerprint density at radius 1 is 0.970 bits per heavy atom. The summed E-state index contributed by atoms with van der Waals surface area (Å²) in [5.41, 5.74) is -1.36. The molecule has 0 bridgehead atoms. The number of rotatable bonds is 5. The van der Waals surface area contributed by atoms with Crippen LogP contribution in [-0.4, -0.2) is 19.2 Å². The van der Waals surface area contributed by atoms with Gasteiger partial charge < -0.3 is 18.6 Å². The van der Waals surface area contributed by atoms with Crippen molar-refractivity contribution in [2.75, 3.05) is 7.11 Å². The average Bonchev–Trinajstić information content (AvgIpc) is 2.79. The van der Waals surface area contributed by atoms with E-state index < -0.39 is 35.2 Å². The van der Waals surface area contributed by atoms with E-state index in [1.54, 1.807) is 18.2 Å². The molecule has 0 unspecified atom stereocenters. The molecule has 9 heteroatoms. The van der Waals surface area contributed by atoms with Crippen molar-refractivity contribution in [3.05, 3.63) is 76.6 Å². The fourth-order valence-corrected chi connectivity index (χ4v) is 3.28. The molecule has 0 aliphatic rings. The van der Waals surface area contributed by atoms with E-state index in [1.807, 2.05) is 12.1 Å². The van der Waals surface area contributed by atoms with Gasteiger partial charge in [0.05, 0.1) is 12.5 Å². The molecule has 33 heavy (non-hydrogen) atoms. The quantitative estimate of drug-likeness (QED) is 0.357. The third kappa shape index (κ3) is 4.48. The molecule has 0 fully saturated rings. The Balaban J connectivity index is 1.79. The normalized spacial score (nSPS) is 12.5. The zero-order valence-corrected chi connectivity index (χ0v) is 17.4. The number of halogens is 3. The fourth-order valence-electron chi connectivity index (χ4n) is 3.28. The lowest BCUT2D eigenvalue weighted by atomic mass is 10.1. The van der Waals surface area contributed by atoms with Crippen LogP contribution >= 0.6 is 0 Å². The van der Waals surface area contributed by atoms with Crippen molar-refractivity contribution in [2.45, 2.75) is 19.2 Å². The number of benzene rings is 3. The SMILES string of the molecule is COC(=O)[C@@H](C)Oc1ccc2c(=O)c(Oc3ccc4ccccc4c3)c(C(F)(F)F)oc2c1. The highest BCUT2D eigenvalue weighted by molar-refractivity contribution is 5.84. The van der Waals surface area contributed by atoms with E-state index in [2.05, 4.69) is 4.74 Å². The minimum Gasteiger partial charge on any atom is -0.479 e. The standard InChI is InChI=1S/C24H17F3O6/c1-13(23(29)30-2)31-17-9-10-18-19(12-17)33-22(24(25,26)27)21(20(18)28)32-16-8-7-14-5-3-4-6-15(14)11-16/h3-13H,1-2H3/t13-/m1/s1. The minimum absolute atomic E-state index is 0.0277. The van der Waals surface area contributed by atoms with E-state index in [9.17, 15) is 22.8 Å². The van der Waals surface area contributed by atoms with Crippen molar-refractivity contribution in [1.29, 1.82) is 0 Å². The highest BCUT2D eigenvalue weighted by Crippen LogP contribution is 2.39. The van der Waals surface area contributed by atoms with E-state index in [0.29, 0.717) is 0 Å². The Kier molecular flexibility index (Phi) is 5.71. The predicted octanol–water partition coefficient (Wildman–Crippen LogP) is 5.70. The monoisotopic (exact) mass is 458 g/mol. The van der Waals surface area contributed by atoms with Crippen molar-refractivity contribution in [3.63, 3.8) is 0 Å². The van der Waals surface area contributed by atoms with Crippen LogP contribution in [0.1, 0.15) is 12.7 Å². The van der Waals surface area contributed by atoms with E-state index in [0.717, 1.165) is 16.8 Å². The summed E-state index contributed by atoms with van der Waals surface area (Å²) < 4.78 is 61.7. The van der Waals surface area contributed by atoms with Crippen LogP contribution in [0.25, 0.3) is 21.7 Å². The zero-order chi connectivity index (χ0) is 23.8. The first-order valence-electron chi connectivity index (χ1n) is 9.76. The number of fused-ring (bicyclic) bond motifs is 2. The number of carbonyl (C=O) groups excluding carboxylic acids is 1. The Bertz CT molecular complexity index is 1410. The Hall–Kier alpha value is -4.01. The van der Waals surface area contributed by atoms with Crippen LogP contribution in [0.5, 0.6) is 17.2 Å². The molecule has 4 aromatic rings. The van der Waals surface area contributed by atoms with Gasteiger partial charge in [0.15, 0.2) is 6.10 Å². The van der Waals surface area contributed by atoms with Crippen LogP contribution in [0.4, 0.5) is 13.2 Å². The lowest BCUT2D eigenvalue weighted by Crippen LogP contribution is -2.24. The molecular formula is C24H17F3O6. The number of esters is 1. The van der Waals surface area contributed by atoms with Gasteiger partial charge in [0.2, 0.25) is 11.2 Å². The topological polar surface area (TPSA) is 75.0 Å². The van der Waals surface area contributed by atoms with E-state index in [4.69, 9.17) is 13.9 Å². The van der Waals surface area contributed by atoms with Gasteiger partial charge in [-0.1, -0.05) is 30.3 Å². The van der Waals surface area contributed by atoms with Crippen LogP contribution in [0, 0.1) is 0 Å². The molecular weight excluding hydrogens is 441 g/mol. The molecule has 0 aliphatic heterocycles. The van der Waals surface area contributed by atoms with Gasteiger partial charge in [-0.3, -0.25) is 4.79 Å². The Morgan fingerprint density at radius 2 is 1.67 bits per heavy atom. The van der Waals surface area contributed by atoms with Gasteiger partial charge in [-0.15, -0.1) is 0 Å². The summed E-state index contributed by atoms with van der Waals surface area (Å²) in [5, 5.41) is 1.45. The molecule has 1 atom stereocenters. The molecule has 0 spiro atoms. The first-order chi connectivity index (χ1) is 15.7. The summed E-state index contributed by atoms with van der Waals surface area (Å²) in [7, 11) is 1.17. The Morgan fingerprint density at radius 3 is 2.36 bits per heavy atom. The Labute approximate surface area is 185 Å². The van der Waals surface area contributed by atoms with Gasteiger partial charge in [-0.05, 0) is 42.0 Å². The molecule has 1 heterocycles. The first-order valence-corrected chi connectivity index (χ1v) is 9.76. The number of alkyl halides is 3. The number of ether oxygens (including phenoxy) is 3. The molecule has 0 saturated carbocycles. The lowest BCUT2D eigenvalue weighted by molar-refractivity contribution is -0.154. The molecule has 6 nitrogen and oxygen atoms in total. The van der Waals surface area contributed by atoms with Crippen LogP contribution in [0.15, 0.2) is 69.9 Å². The summed E-state index contributed by atoms with van der Waals surface area (Å²) in [5.74, 6) is -3.14. The van der Waals surface area contributed by atoms with Gasteiger partial charge in [-0.2, -0.15) is 13.2 Å². The van der Waals surface area contributed by atoms with Crippen molar-refractivity contribution in [1.82, 2.24) is 0 Å². The van der Waals surface area contributed by atoms with E-state index in [1.165, 1.54) is 38.3 Å². The molecule has 0 radical (unpaired) electrons. The summed E-state index contributed by atoms with van der Waals surface area (Å²) in [6, 6.07) is 15.6. The molecule has 4 rings (SSSR count). The number of carbonyl (C=O) groups is 1. The summed E-state index contributed by atoms with van der Waals surface area (Å²) in [6.07, 6.45) is -6.02. The highest BCUT2D eigenvalue weighted by atomic mass is 19.4. The molecule has 0 aliphatic carbocycles. The highest BCUT2D eigenvalue weighted by Gasteiger charge is 2.40. The van der Waals surface area contributed by atoms with Crippen molar-refractivity contribution in [3.8, 4) is 17.2 Å². The summed E-state index contributed by atoms with van der Waals surface area (Å²) in [6.45, 7) is 1.41. The van der Waals surface area contributed by atoms with Crippen LogP contribution in [-0.2, 0) is 15.7 Å². The minimum atomic E-state index is -5.00. The second-order valence-corrected chi connectivity index (χ2v) is 7.14. The maximum atomic E-state index is 13.8. The van der Waals surface area contributed by atoms with Gasteiger partial charge in [0.1, 0.15) is 17.1 Å². The van der Waals surface area contributed by atoms with E-state index in [-0.39, 0.29) is 22.5 Å². The second-order valence-electron chi connectivity index (χ2n) is 7.14. The van der Waals surface area contributed by atoms with Gasteiger partial charge in [0.25, 0.3) is 5.76 Å². The second kappa shape index (κ2) is 8.50. The zero-order valence-electron chi connectivity index (χ0n) is 17.4. The van der Waals surface area contributed by atoms with Gasteiger partial charge in [0, 0.05) is 6.07 Å². The van der Waals surface area contributed by atoms with Crippen LogP contribution in [0.3, 0.4) is 0 Å². The van der Waals surface area contributed by atoms with Crippen LogP contribution in [0.2, 0.25) is 0 Å². The maximum absolute atomic E-state index is 13.8. The average molecular weight is 458 g/mol. The number of hydrogen-bond acceptors (Lipinski definition) is 6. The van der Waals surface area contributed by atoms with Crippen molar-refractivity contribution < 1.29 is 36.6 Å². The fraction of sp³-hybridized carbons (Fsp3) is 0.167. The van der Waals surface area contributed by atoms with Crippen LogP contribution < -0.4 is 14.9 Å². The first kappa shape index (κ1) is 22.2. The van der Waals surface area contributed by atoms with E-state index >= 15 is 0 Å². The summed E-state index contributed by atoms with van der Waals surface area (Å²) in [4.78, 5) is 24.5. The smallest absolute Gasteiger partial charge is 0.453 e. The molecule has 1 aromatic heterocycles. The van der Waals surface area contributed by atoms with Gasteiger partial charge in [-0.25, -0.2) is 4.79 Å². The van der Waals surface area contributed by atoms with Crippen molar-refractivity contribution >= 4 is 27.7 Å². The lowest BCUT2D eigenvalue weighted by Gasteiger charge is -2.15. The molecule has 0 saturated heterocycles. The summed E-state index contributed by atoms with van der Waals surface area (Å²) >= 11 is 0. The van der Waals surface area contributed by atoms with Gasteiger partial charge >= 0.3 is 12.1 Å². The number of methoxy groups -OCH3 is 1. The predicted molar refractivity (Wildman–Crippen MR) is 114 cm³/mol. The third-order valence-electron chi connectivity index (χ3n) is 4.87. The maximum Gasteiger partial charge on any atom is 0.453 e. The molecule has 0 N–H and O–H groups in total. The van der Waals surface area contributed by atoms with Crippen molar-refractivity contribution in [2.24, 2.45) is 0 Å². The largest absolute Gasteiger partial charge is 0.479 e. The number of hydrogen-bond donors (Lipinski definition) is 0.